The van der Waals surface area contributed by atoms with Gasteiger partial charge in [-0.1, -0.05) is 32.9 Å². The molecule has 7 heteroatoms. The van der Waals surface area contributed by atoms with E-state index in [2.05, 4.69) is 42.6 Å². The van der Waals surface area contributed by atoms with Gasteiger partial charge in [0.25, 0.3) is 5.56 Å². The highest BCUT2D eigenvalue weighted by Crippen LogP contribution is 2.39. The minimum Gasteiger partial charge on any atom is -0.353 e. The second kappa shape index (κ2) is 6.45. The smallest absolute Gasteiger partial charge is 0.329 e. The molecule has 0 bridgehead atoms. The third-order valence-electron chi connectivity index (χ3n) is 5.16. The van der Waals surface area contributed by atoms with E-state index in [9.17, 15) is 9.59 Å². The summed E-state index contributed by atoms with van der Waals surface area (Å²) < 4.78 is 3.21. The molecular weight excluding hydrogens is 330 g/mol. The third kappa shape index (κ3) is 3.48. The zero-order chi connectivity index (χ0) is 19.2. The standard InChI is InChI=1S/C19H29N5O2/c1-11(2)10-24-14-15(23(6)18(26)22-16(14)25)21-17(24)20-13-7-12(3)8-19(4,5)9-13/h12-13H,1,7-10H2,2-6H3,(H,20,21)(H,22,25,26)/t12-,13+/m1/s1. The van der Waals surface area contributed by atoms with Gasteiger partial charge in [-0.15, -0.1) is 0 Å². The van der Waals surface area contributed by atoms with Crippen LogP contribution in [0.15, 0.2) is 21.7 Å². The number of aryl methyl sites for hydroxylation is 1. The summed E-state index contributed by atoms with van der Waals surface area (Å²) in [6, 6.07) is 0.283. The van der Waals surface area contributed by atoms with Gasteiger partial charge < -0.3 is 9.88 Å². The predicted octanol–water partition coefficient (Wildman–Crippen LogP) is 2.63. The Bertz CT molecular complexity index is 963. The number of H-pyrrole nitrogens is 1. The van der Waals surface area contributed by atoms with Gasteiger partial charge in [-0.25, -0.2) is 4.79 Å². The molecule has 3 rings (SSSR count). The van der Waals surface area contributed by atoms with Crippen LogP contribution in [0.2, 0.25) is 0 Å². The largest absolute Gasteiger partial charge is 0.353 e. The zero-order valence-corrected chi connectivity index (χ0v) is 16.3. The van der Waals surface area contributed by atoms with Crippen molar-refractivity contribution in [2.24, 2.45) is 18.4 Å². The molecule has 2 aromatic rings. The van der Waals surface area contributed by atoms with Crippen LogP contribution in [0.25, 0.3) is 11.2 Å². The Morgan fingerprint density at radius 3 is 2.69 bits per heavy atom. The lowest BCUT2D eigenvalue weighted by molar-refractivity contribution is 0.177. The van der Waals surface area contributed by atoms with Crippen LogP contribution >= 0.6 is 0 Å². The van der Waals surface area contributed by atoms with Crippen LogP contribution in [0.4, 0.5) is 5.95 Å². The van der Waals surface area contributed by atoms with Crippen LogP contribution in [0.5, 0.6) is 0 Å². The summed E-state index contributed by atoms with van der Waals surface area (Å²) in [6.45, 7) is 13.2. The van der Waals surface area contributed by atoms with Crippen molar-refractivity contribution in [3.8, 4) is 0 Å². The molecule has 0 amide bonds. The van der Waals surface area contributed by atoms with Crippen LogP contribution in [-0.4, -0.2) is 25.1 Å². The van der Waals surface area contributed by atoms with Gasteiger partial charge in [-0.05, 0) is 37.5 Å². The second-order valence-corrected chi connectivity index (χ2v) is 8.72. The van der Waals surface area contributed by atoms with Gasteiger partial charge in [0.1, 0.15) is 0 Å². The van der Waals surface area contributed by atoms with Gasteiger partial charge in [-0.2, -0.15) is 4.98 Å². The number of anilines is 1. The van der Waals surface area contributed by atoms with Crippen molar-refractivity contribution < 1.29 is 0 Å². The molecule has 1 fully saturated rings. The quantitative estimate of drug-likeness (QED) is 0.822. The van der Waals surface area contributed by atoms with Gasteiger partial charge in [0.2, 0.25) is 5.95 Å². The summed E-state index contributed by atoms with van der Waals surface area (Å²) in [5.41, 5.74) is 1.11. The number of imidazole rings is 1. The number of nitrogens with zero attached hydrogens (tertiary/aromatic N) is 3. The molecule has 142 valence electrons. The molecule has 0 aromatic carbocycles. The van der Waals surface area contributed by atoms with E-state index in [0.717, 1.165) is 18.4 Å². The average Bonchev–Trinajstić information content (AvgIpc) is 2.81. The minimum absolute atomic E-state index is 0.269. The van der Waals surface area contributed by atoms with E-state index in [1.807, 2.05) is 11.5 Å². The van der Waals surface area contributed by atoms with Crippen LogP contribution in [0, 0.1) is 11.3 Å². The number of fused-ring (bicyclic) bond motifs is 1. The molecule has 0 radical (unpaired) electrons. The molecule has 26 heavy (non-hydrogen) atoms. The molecule has 2 heterocycles. The van der Waals surface area contributed by atoms with Gasteiger partial charge in [0, 0.05) is 19.6 Å². The van der Waals surface area contributed by atoms with Crippen molar-refractivity contribution in [3.05, 3.63) is 33.0 Å². The summed E-state index contributed by atoms with van der Waals surface area (Å²) in [5.74, 6) is 1.26. The normalized spacial score (nSPS) is 22.5. The maximum Gasteiger partial charge on any atom is 0.329 e. The molecule has 7 nitrogen and oxygen atoms in total. The second-order valence-electron chi connectivity index (χ2n) is 8.72. The van der Waals surface area contributed by atoms with Gasteiger partial charge in [0.15, 0.2) is 11.2 Å². The lowest BCUT2D eigenvalue weighted by atomic mass is 9.71. The molecule has 0 spiro atoms. The molecule has 2 atom stereocenters. The molecule has 0 saturated heterocycles. The number of allylic oxidation sites excluding steroid dienone is 1. The van der Waals surface area contributed by atoms with E-state index in [-0.39, 0.29) is 11.5 Å². The number of aromatic amines is 1. The van der Waals surface area contributed by atoms with Crippen molar-refractivity contribution in [3.63, 3.8) is 0 Å². The molecule has 1 saturated carbocycles. The van der Waals surface area contributed by atoms with Crippen molar-refractivity contribution in [1.82, 2.24) is 19.1 Å². The van der Waals surface area contributed by atoms with Crippen LogP contribution < -0.4 is 16.6 Å². The molecule has 0 aliphatic heterocycles. The summed E-state index contributed by atoms with van der Waals surface area (Å²) >= 11 is 0. The first-order valence-corrected chi connectivity index (χ1v) is 9.18. The lowest BCUT2D eigenvalue weighted by Gasteiger charge is -2.39. The molecular formula is C19H29N5O2. The molecule has 1 aliphatic rings. The first kappa shape index (κ1) is 18.5. The Morgan fingerprint density at radius 2 is 2.08 bits per heavy atom. The Hall–Kier alpha value is -2.31. The zero-order valence-electron chi connectivity index (χ0n) is 16.3. The van der Waals surface area contributed by atoms with Crippen LogP contribution in [0.1, 0.15) is 47.0 Å². The maximum atomic E-state index is 12.4. The van der Waals surface area contributed by atoms with Gasteiger partial charge in [0.05, 0.1) is 0 Å². The van der Waals surface area contributed by atoms with E-state index in [4.69, 9.17) is 0 Å². The third-order valence-corrected chi connectivity index (χ3v) is 5.16. The number of nitrogens with one attached hydrogen (secondary N) is 2. The molecule has 1 aliphatic carbocycles. The fourth-order valence-electron chi connectivity index (χ4n) is 4.41. The van der Waals surface area contributed by atoms with Crippen LogP contribution in [0.3, 0.4) is 0 Å². The Morgan fingerprint density at radius 1 is 1.38 bits per heavy atom. The first-order chi connectivity index (χ1) is 12.1. The van der Waals surface area contributed by atoms with E-state index in [0.29, 0.717) is 29.6 Å². The summed E-state index contributed by atoms with van der Waals surface area (Å²) in [5, 5.41) is 3.55. The topological polar surface area (TPSA) is 84.7 Å². The van der Waals surface area contributed by atoms with Crippen molar-refractivity contribution in [1.29, 1.82) is 0 Å². The highest BCUT2D eigenvalue weighted by Gasteiger charge is 2.33. The highest BCUT2D eigenvalue weighted by atomic mass is 16.2. The first-order valence-electron chi connectivity index (χ1n) is 9.18. The summed E-state index contributed by atoms with van der Waals surface area (Å²) in [4.78, 5) is 31.3. The monoisotopic (exact) mass is 359 g/mol. The number of rotatable bonds is 4. The van der Waals surface area contributed by atoms with Crippen LogP contribution in [-0.2, 0) is 13.6 Å². The van der Waals surface area contributed by atoms with Crippen molar-refractivity contribution >= 4 is 17.1 Å². The molecule has 2 N–H and O–H groups in total. The minimum atomic E-state index is -0.457. The van der Waals surface area contributed by atoms with E-state index in [1.54, 1.807) is 7.05 Å². The van der Waals surface area contributed by atoms with Gasteiger partial charge in [-0.3, -0.25) is 14.3 Å². The Labute approximate surface area is 153 Å². The van der Waals surface area contributed by atoms with E-state index >= 15 is 0 Å². The Balaban J connectivity index is 2.09. The van der Waals surface area contributed by atoms with E-state index < -0.39 is 11.2 Å². The SMILES string of the molecule is C=C(C)Cn1c(N[C@H]2C[C@@H](C)CC(C)(C)C2)nc2c1c(=O)[nH]c(=O)n2C. The average molecular weight is 359 g/mol. The highest BCUT2D eigenvalue weighted by molar-refractivity contribution is 5.74. The molecule has 2 aromatic heterocycles. The van der Waals surface area contributed by atoms with Gasteiger partial charge >= 0.3 is 5.69 Å². The fourth-order valence-corrected chi connectivity index (χ4v) is 4.41. The van der Waals surface area contributed by atoms with Crippen molar-refractivity contribution in [2.75, 3.05) is 5.32 Å². The number of aromatic nitrogens is 4. The number of hydrogen-bond donors (Lipinski definition) is 2. The summed E-state index contributed by atoms with van der Waals surface area (Å²) in [6.07, 6.45) is 3.32. The Kier molecular flexibility index (Phi) is 4.58. The lowest BCUT2D eigenvalue weighted by Crippen LogP contribution is -2.36. The van der Waals surface area contributed by atoms with Crippen molar-refractivity contribution in [2.45, 2.75) is 59.5 Å². The number of hydrogen-bond acceptors (Lipinski definition) is 4. The molecule has 0 unspecified atom stereocenters. The fraction of sp³-hybridized carbons (Fsp3) is 0.632. The van der Waals surface area contributed by atoms with E-state index in [1.165, 1.54) is 11.0 Å². The predicted molar refractivity (Wildman–Crippen MR) is 105 cm³/mol. The summed E-state index contributed by atoms with van der Waals surface area (Å²) in [7, 11) is 1.62. The maximum absolute atomic E-state index is 12.4.